The molecule has 0 aliphatic rings. The molecule has 6 aromatic carbocycles. The van der Waals surface area contributed by atoms with Crippen molar-refractivity contribution in [2.75, 3.05) is 0 Å². The van der Waals surface area contributed by atoms with Gasteiger partial charge in [0.2, 0.25) is 5.78 Å². The zero-order valence-electron chi connectivity index (χ0n) is 23.0. The van der Waals surface area contributed by atoms with Gasteiger partial charge in [0.1, 0.15) is 0 Å². The minimum absolute atomic E-state index is 0.617. The lowest BCUT2D eigenvalue weighted by Gasteiger charge is -2.18. The average Bonchev–Trinajstić information content (AvgIpc) is 3.71. The van der Waals surface area contributed by atoms with Crippen LogP contribution in [0.2, 0.25) is 0 Å². The quantitative estimate of drug-likeness (QED) is 0.221. The normalized spacial score (nSPS) is 11.7. The summed E-state index contributed by atoms with van der Waals surface area (Å²) in [6.45, 7) is 0. The summed E-state index contributed by atoms with van der Waals surface area (Å²) in [4.78, 5) is 5.12. The minimum Gasteiger partial charge on any atom is -0.309 e. The van der Waals surface area contributed by atoms with Crippen LogP contribution in [0, 0.1) is 11.3 Å². The Morgan fingerprint density at radius 3 is 1.81 bits per heavy atom. The van der Waals surface area contributed by atoms with Crippen LogP contribution in [0.15, 0.2) is 140 Å². The number of rotatable bonds is 3. The Balaban J connectivity index is 1.40. The Kier molecular flexibility index (Phi) is 4.90. The number of fused-ring (bicyclic) bond motifs is 8. The molecule has 5 nitrogen and oxygen atoms in total. The zero-order chi connectivity index (χ0) is 28.5. The highest BCUT2D eigenvalue weighted by molar-refractivity contribution is 6.10. The Bertz CT molecular complexity index is 2530. The van der Waals surface area contributed by atoms with Gasteiger partial charge < -0.3 is 4.57 Å². The van der Waals surface area contributed by atoms with E-state index in [0.717, 1.165) is 61.4 Å². The standard InChI is InChI=1S/C38H23N5/c39-24-25-21-22-29(37(23-25)41-31-15-5-1-11-26(31)27-12-2-6-16-32(27)41)28-13-3-7-17-33(28)42-35-19-9-10-20-36(35)43-34-18-8-4-14-30(34)40-38(42)43/h1-23H. The number of nitrogens with zero attached hydrogens (tertiary/aromatic N) is 5. The minimum atomic E-state index is 0.617. The molecule has 0 aliphatic carbocycles. The van der Waals surface area contributed by atoms with Gasteiger partial charge in [0.15, 0.2) is 0 Å². The smallest absolute Gasteiger partial charge is 0.220 e. The summed E-state index contributed by atoms with van der Waals surface area (Å²) < 4.78 is 6.80. The lowest BCUT2D eigenvalue weighted by Crippen LogP contribution is -2.02. The summed E-state index contributed by atoms with van der Waals surface area (Å²) in [5.74, 6) is 0.863. The van der Waals surface area contributed by atoms with E-state index in [1.165, 1.54) is 10.8 Å². The number of benzene rings is 6. The molecule has 9 rings (SSSR count). The van der Waals surface area contributed by atoms with E-state index in [4.69, 9.17) is 4.98 Å². The molecule has 0 unspecified atom stereocenters. The molecule has 0 aliphatic heterocycles. The number of hydrogen-bond donors (Lipinski definition) is 0. The van der Waals surface area contributed by atoms with E-state index in [0.29, 0.717) is 5.56 Å². The molecular formula is C38H23N5. The van der Waals surface area contributed by atoms with Gasteiger partial charge in [-0.15, -0.1) is 0 Å². The first-order valence-electron chi connectivity index (χ1n) is 14.3. The zero-order valence-corrected chi connectivity index (χ0v) is 23.0. The summed E-state index contributed by atoms with van der Waals surface area (Å²) in [6.07, 6.45) is 0. The molecule has 0 amide bonds. The number of para-hydroxylation sites is 7. The average molecular weight is 550 g/mol. The molecule has 0 atom stereocenters. The van der Waals surface area contributed by atoms with Crippen LogP contribution in [0.5, 0.6) is 0 Å². The van der Waals surface area contributed by atoms with Crippen molar-refractivity contribution in [1.29, 1.82) is 5.26 Å². The van der Waals surface area contributed by atoms with Crippen molar-refractivity contribution in [3.05, 3.63) is 145 Å². The second-order valence-electron chi connectivity index (χ2n) is 10.8. The van der Waals surface area contributed by atoms with Gasteiger partial charge in [-0.25, -0.2) is 4.98 Å². The molecule has 9 aromatic rings. The molecule has 0 N–H and O–H groups in total. The van der Waals surface area contributed by atoms with Gasteiger partial charge in [-0.2, -0.15) is 5.26 Å². The van der Waals surface area contributed by atoms with E-state index < -0.39 is 0 Å². The van der Waals surface area contributed by atoms with Gasteiger partial charge in [0.05, 0.1) is 56.1 Å². The maximum atomic E-state index is 9.98. The Morgan fingerprint density at radius 2 is 1.07 bits per heavy atom. The predicted molar refractivity (Wildman–Crippen MR) is 174 cm³/mol. The van der Waals surface area contributed by atoms with Gasteiger partial charge >= 0.3 is 0 Å². The highest BCUT2D eigenvalue weighted by Crippen LogP contribution is 2.40. The molecular weight excluding hydrogens is 526 g/mol. The fourth-order valence-corrected chi connectivity index (χ4v) is 6.68. The van der Waals surface area contributed by atoms with Crippen LogP contribution in [-0.4, -0.2) is 18.5 Å². The van der Waals surface area contributed by atoms with Crippen molar-refractivity contribution < 1.29 is 0 Å². The maximum absolute atomic E-state index is 9.98. The van der Waals surface area contributed by atoms with Crippen LogP contribution in [-0.2, 0) is 0 Å². The highest BCUT2D eigenvalue weighted by atomic mass is 15.2. The molecule has 5 heteroatoms. The Morgan fingerprint density at radius 1 is 0.488 bits per heavy atom. The summed E-state index contributed by atoms with van der Waals surface area (Å²) in [7, 11) is 0. The Labute approximate surface area is 246 Å². The number of aromatic nitrogens is 4. The van der Waals surface area contributed by atoms with Crippen LogP contribution in [0.25, 0.3) is 72.2 Å². The highest BCUT2D eigenvalue weighted by Gasteiger charge is 2.22. The molecule has 0 fully saturated rings. The molecule has 0 bridgehead atoms. The van der Waals surface area contributed by atoms with E-state index >= 15 is 0 Å². The molecule has 200 valence electrons. The molecule has 0 saturated heterocycles. The third-order valence-corrected chi connectivity index (χ3v) is 8.49. The molecule has 0 spiro atoms. The van der Waals surface area contributed by atoms with Crippen molar-refractivity contribution in [3.63, 3.8) is 0 Å². The fraction of sp³-hybridized carbons (Fsp3) is 0. The summed E-state index contributed by atoms with van der Waals surface area (Å²) in [5, 5.41) is 12.3. The van der Waals surface area contributed by atoms with Gasteiger partial charge in [-0.05, 0) is 54.6 Å². The van der Waals surface area contributed by atoms with Crippen LogP contribution in [0.4, 0.5) is 0 Å². The monoisotopic (exact) mass is 549 g/mol. The first-order chi connectivity index (χ1) is 21.3. The lowest BCUT2D eigenvalue weighted by molar-refractivity contribution is 1.11. The molecule has 43 heavy (non-hydrogen) atoms. The largest absolute Gasteiger partial charge is 0.309 e. The van der Waals surface area contributed by atoms with Crippen LogP contribution < -0.4 is 0 Å². The van der Waals surface area contributed by atoms with Gasteiger partial charge in [0.25, 0.3) is 0 Å². The molecule has 0 saturated carbocycles. The SMILES string of the molecule is N#Cc1ccc(-c2ccccc2-n2c3ccccc3n3c4ccccc4nc23)c(-n2c3ccccc3c3ccccc32)c1. The van der Waals surface area contributed by atoms with Crippen LogP contribution >= 0.6 is 0 Å². The molecule has 3 heterocycles. The van der Waals surface area contributed by atoms with Crippen molar-refractivity contribution in [2.45, 2.75) is 0 Å². The van der Waals surface area contributed by atoms with Crippen molar-refractivity contribution in [3.8, 4) is 28.6 Å². The summed E-state index contributed by atoms with van der Waals surface area (Å²) in [6, 6.07) is 50.6. The number of imidazole rings is 2. The second-order valence-corrected chi connectivity index (χ2v) is 10.8. The fourth-order valence-electron chi connectivity index (χ4n) is 6.68. The number of nitriles is 1. The van der Waals surface area contributed by atoms with Gasteiger partial charge in [-0.3, -0.25) is 8.97 Å². The molecule has 3 aromatic heterocycles. The van der Waals surface area contributed by atoms with Gasteiger partial charge in [0, 0.05) is 21.9 Å². The van der Waals surface area contributed by atoms with E-state index in [2.05, 4.69) is 141 Å². The van der Waals surface area contributed by atoms with Crippen LogP contribution in [0.3, 0.4) is 0 Å². The van der Waals surface area contributed by atoms with E-state index in [1.807, 2.05) is 18.2 Å². The summed E-state index contributed by atoms with van der Waals surface area (Å²) >= 11 is 0. The topological polar surface area (TPSA) is 50.9 Å². The second kappa shape index (κ2) is 8.94. The van der Waals surface area contributed by atoms with Gasteiger partial charge in [-0.1, -0.05) is 84.9 Å². The van der Waals surface area contributed by atoms with Crippen molar-refractivity contribution in [2.24, 2.45) is 0 Å². The van der Waals surface area contributed by atoms with E-state index in [9.17, 15) is 5.26 Å². The van der Waals surface area contributed by atoms with Crippen molar-refractivity contribution >= 4 is 49.7 Å². The first kappa shape index (κ1) is 23.6. The summed E-state index contributed by atoms with van der Waals surface area (Å²) in [5.41, 5.74) is 11.1. The Hall–Kier alpha value is -6.12. The predicted octanol–water partition coefficient (Wildman–Crippen LogP) is 9.07. The lowest BCUT2D eigenvalue weighted by atomic mass is 9.99. The third-order valence-electron chi connectivity index (χ3n) is 8.49. The van der Waals surface area contributed by atoms with Crippen molar-refractivity contribution in [1.82, 2.24) is 18.5 Å². The molecule has 0 radical (unpaired) electrons. The van der Waals surface area contributed by atoms with E-state index in [-0.39, 0.29) is 0 Å². The van der Waals surface area contributed by atoms with E-state index in [1.54, 1.807) is 0 Å². The number of hydrogen-bond acceptors (Lipinski definition) is 2. The maximum Gasteiger partial charge on any atom is 0.220 e. The third kappa shape index (κ3) is 3.29. The van der Waals surface area contributed by atoms with Crippen LogP contribution in [0.1, 0.15) is 5.56 Å². The first-order valence-corrected chi connectivity index (χ1v) is 14.3.